The molecule has 1 aromatic carbocycles. The van der Waals surface area contributed by atoms with Crippen LogP contribution < -0.4 is 16.1 Å². The highest BCUT2D eigenvalue weighted by atomic mass is 32.1. The SMILES string of the molecule is CCN1CCc2c(sc3nc(COc4ccc(F)cc4)n(N)c(=O)c23)C1. The van der Waals surface area contributed by atoms with Crippen LogP contribution in [0.25, 0.3) is 10.2 Å². The second-order valence-corrected chi connectivity index (χ2v) is 7.33. The van der Waals surface area contributed by atoms with Crippen molar-refractivity contribution >= 4 is 21.6 Å². The second kappa shape index (κ2) is 6.69. The van der Waals surface area contributed by atoms with E-state index in [0.29, 0.717) is 21.8 Å². The molecule has 1 aliphatic heterocycles. The number of nitrogen functional groups attached to an aromatic ring is 1. The average molecular weight is 374 g/mol. The summed E-state index contributed by atoms with van der Waals surface area (Å²) in [4.78, 5) is 21.6. The van der Waals surface area contributed by atoms with Crippen molar-refractivity contribution in [1.29, 1.82) is 0 Å². The molecule has 1 aliphatic rings. The average Bonchev–Trinajstić information content (AvgIpc) is 3.02. The third-order valence-corrected chi connectivity index (χ3v) is 5.80. The lowest BCUT2D eigenvalue weighted by molar-refractivity contribution is 0.272. The molecule has 3 aromatic rings. The predicted molar refractivity (Wildman–Crippen MR) is 99.4 cm³/mol. The molecule has 6 nitrogen and oxygen atoms in total. The van der Waals surface area contributed by atoms with Crippen LogP contribution in [0.2, 0.25) is 0 Å². The van der Waals surface area contributed by atoms with Crippen molar-refractivity contribution < 1.29 is 9.13 Å². The highest BCUT2D eigenvalue weighted by Crippen LogP contribution is 2.32. The van der Waals surface area contributed by atoms with E-state index >= 15 is 0 Å². The molecule has 2 aromatic heterocycles. The van der Waals surface area contributed by atoms with Gasteiger partial charge in [-0.05, 0) is 42.8 Å². The van der Waals surface area contributed by atoms with Gasteiger partial charge < -0.3 is 10.6 Å². The number of nitrogens with two attached hydrogens (primary N) is 1. The van der Waals surface area contributed by atoms with Crippen molar-refractivity contribution in [1.82, 2.24) is 14.6 Å². The molecule has 136 valence electrons. The molecule has 0 fully saturated rings. The molecule has 0 saturated heterocycles. The lowest BCUT2D eigenvalue weighted by Gasteiger charge is -2.24. The van der Waals surface area contributed by atoms with E-state index in [1.54, 1.807) is 11.3 Å². The Labute approximate surface area is 153 Å². The van der Waals surface area contributed by atoms with Crippen molar-refractivity contribution in [3.05, 3.63) is 56.7 Å². The van der Waals surface area contributed by atoms with Crippen LogP contribution in [0.3, 0.4) is 0 Å². The molecule has 4 rings (SSSR count). The molecule has 0 aliphatic carbocycles. The van der Waals surface area contributed by atoms with Crippen LogP contribution in [0, 0.1) is 5.82 Å². The summed E-state index contributed by atoms with van der Waals surface area (Å²) < 4.78 is 19.6. The molecule has 0 atom stereocenters. The van der Waals surface area contributed by atoms with Gasteiger partial charge in [-0.25, -0.2) is 14.1 Å². The third-order valence-electron chi connectivity index (χ3n) is 4.69. The Morgan fingerprint density at radius 3 is 2.85 bits per heavy atom. The molecule has 0 spiro atoms. The lowest BCUT2D eigenvalue weighted by atomic mass is 10.1. The van der Waals surface area contributed by atoms with Crippen LogP contribution in [0.15, 0.2) is 29.1 Å². The minimum Gasteiger partial charge on any atom is -0.486 e. The number of likely N-dealkylation sites (N-methyl/N-ethyl adjacent to an activating group) is 1. The monoisotopic (exact) mass is 374 g/mol. The van der Waals surface area contributed by atoms with E-state index in [0.717, 1.165) is 36.3 Å². The van der Waals surface area contributed by atoms with Crippen LogP contribution in [0.1, 0.15) is 23.2 Å². The zero-order valence-corrected chi connectivity index (χ0v) is 15.2. The first-order valence-corrected chi connectivity index (χ1v) is 9.30. The Balaban J connectivity index is 1.67. The molecule has 26 heavy (non-hydrogen) atoms. The number of ether oxygens (including phenoxy) is 1. The third kappa shape index (κ3) is 2.95. The predicted octanol–water partition coefficient (Wildman–Crippen LogP) is 2.27. The maximum Gasteiger partial charge on any atom is 0.281 e. The second-order valence-electron chi connectivity index (χ2n) is 6.25. The summed E-state index contributed by atoms with van der Waals surface area (Å²) >= 11 is 1.55. The largest absolute Gasteiger partial charge is 0.486 e. The molecule has 0 unspecified atom stereocenters. The van der Waals surface area contributed by atoms with E-state index in [2.05, 4.69) is 16.8 Å². The Kier molecular flexibility index (Phi) is 4.37. The van der Waals surface area contributed by atoms with E-state index < -0.39 is 0 Å². The fourth-order valence-corrected chi connectivity index (χ4v) is 4.47. The highest BCUT2D eigenvalue weighted by molar-refractivity contribution is 7.18. The quantitative estimate of drug-likeness (QED) is 0.709. The Morgan fingerprint density at radius 2 is 2.12 bits per heavy atom. The first-order valence-electron chi connectivity index (χ1n) is 8.48. The van der Waals surface area contributed by atoms with Crippen LogP contribution in [0.5, 0.6) is 5.75 Å². The fourth-order valence-electron chi connectivity index (χ4n) is 3.20. The molecular formula is C18H19FN4O2S. The van der Waals surface area contributed by atoms with Crippen LogP contribution in [0.4, 0.5) is 4.39 Å². The van der Waals surface area contributed by atoms with Gasteiger partial charge >= 0.3 is 0 Å². The van der Waals surface area contributed by atoms with Crippen LogP contribution in [-0.2, 0) is 19.6 Å². The van der Waals surface area contributed by atoms with Gasteiger partial charge in [0, 0.05) is 18.0 Å². The molecule has 2 N–H and O–H groups in total. The van der Waals surface area contributed by atoms with Gasteiger partial charge in [-0.2, -0.15) is 0 Å². The van der Waals surface area contributed by atoms with Gasteiger partial charge in [0.25, 0.3) is 5.56 Å². The van der Waals surface area contributed by atoms with Crippen LogP contribution in [-0.4, -0.2) is 27.6 Å². The standard InChI is InChI=1S/C18H19FN4O2S/c1-2-22-8-7-13-14(9-22)26-17-16(13)18(24)23(20)15(21-17)10-25-12-5-3-11(19)4-6-12/h3-6H,2,7-10,20H2,1H3. The summed E-state index contributed by atoms with van der Waals surface area (Å²) in [5.74, 6) is 6.48. The van der Waals surface area contributed by atoms with Gasteiger partial charge in [0.2, 0.25) is 0 Å². The normalized spacial score (nSPS) is 14.5. The maximum absolute atomic E-state index is 13.0. The van der Waals surface area contributed by atoms with E-state index in [9.17, 15) is 9.18 Å². The number of benzene rings is 1. The Morgan fingerprint density at radius 1 is 1.35 bits per heavy atom. The number of thiophene rings is 1. The van der Waals surface area contributed by atoms with E-state index in [4.69, 9.17) is 10.6 Å². The molecule has 8 heteroatoms. The number of halogens is 1. The number of hydrogen-bond acceptors (Lipinski definition) is 6. The molecule has 0 amide bonds. The van der Waals surface area contributed by atoms with Gasteiger partial charge in [-0.15, -0.1) is 11.3 Å². The summed E-state index contributed by atoms with van der Waals surface area (Å²) in [7, 11) is 0. The number of aromatic nitrogens is 2. The number of rotatable bonds is 4. The first-order chi connectivity index (χ1) is 12.6. The summed E-state index contributed by atoms with van der Waals surface area (Å²) in [6, 6.07) is 5.68. The number of hydrogen-bond donors (Lipinski definition) is 1. The number of fused-ring (bicyclic) bond motifs is 3. The van der Waals surface area contributed by atoms with Crippen molar-refractivity contribution in [2.75, 3.05) is 18.9 Å². The summed E-state index contributed by atoms with van der Waals surface area (Å²) in [5.41, 5.74) is 0.840. The van der Waals surface area contributed by atoms with Gasteiger partial charge in [0.15, 0.2) is 5.82 Å². The molecule has 0 radical (unpaired) electrons. The van der Waals surface area contributed by atoms with Gasteiger partial charge in [0.05, 0.1) is 5.39 Å². The topological polar surface area (TPSA) is 73.4 Å². The zero-order chi connectivity index (χ0) is 18.3. The van der Waals surface area contributed by atoms with Crippen LogP contribution >= 0.6 is 11.3 Å². The Bertz CT molecular complexity index is 1010. The van der Waals surface area contributed by atoms with E-state index in [1.165, 1.54) is 29.1 Å². The molecule has 0 bridgehead atoms. The van der Waals surface area contributed by atoms with E-state index in [1.807, 2.05) is 0 Å². The summed E-state index contributed by atoms with van der Waals surface area (Å²) in [6.45, 7) is 4.94. The Hall–Kier alpha value is -2.45. The maximum atomic E-state index is 13.0. The van der Waals surface area contributed by atoms with Gasteiger partial charge in [0.1, 0.15) is 23.0 Å². The smallest absolute Gasteiger partial charge is 0.281 e. The summed E-state index contributed by atoms with van der Waals surface area (Å²) in [6.07, 6.45) is 0.839. The van der Waals surface area contributed by atoms with Crippen molar-refractivity contribution in [3.8, 4) is 5.75 Å². The van der Waals surface area contributed by atoms with Crippen molar-refractivity contribution in [3.63, 3.8) is 0 Å². The molecule has 0 saturated carbocycles. The van der Waals surface area contributed by atoms with Crippen molar-refractivity contribution in [2.24, 2.45) is 0 Å². The van der Waals surface area contributed by atoms with Gasteiger partial charge in [-0.1, -0.05) is 6.92 Å². The molecular weight excluding hydrogens is 355 g/mol. The summed E-state index contributed by atoms with van der Waals surface area (Å²) in [5, 5.41) is 0.633. The van der Waals surface area contributed by atoms with Gasteiger partial charge in [-0.3, -0.25) is 9.69 Å². The minimum absolute atomic E-state index is 0.0387. The number of nitrogens with zero attached hydrogens (tertiary/aromatic N) is 3. The first kappa shape index (κ1) is 17.0. The zero-order valence-electron chi connectivity index (χ0n) is 14.4. The highest BCUT2D eigenvalue weighted by Gasteiger charge is 2.24. The van der Waals surface area contributed by atoms with E-state index in [-0.39, 0.29) is 18.0 Å². The molecule has 3 heterocycles. The fraction of sp³-hybridized carbons (Fsp3) is 0.333. The minimum atomic E-state index is -0.335. The van der Waals surface area contributed by atoms with Crippen molar-refractivity contribution in [2.45, 2.75) is 26.5 Å². The lowest BCUT2D eigenvalue weighted by Crippen LogP contribution is -2.33.